The highest BCUT2D eigenvalue weighted by molar-refractivity contribution is 7.09. The van der Waals surface area contributed by atoms with Crippen molar-refractivity contribution in [1.82, 2.24) is 15.2 Å². The molecule has 6 heteroatoms. The fraction of sp³-hybridized carbons (Fsp3) is 0.733. The maximum absolute atomic E-state index is 12.1. The minimum absolute atomic E-state index is 0.0549. The predicted molar refractivity (Wildman–Crippen MR) is 88.5 cm³/mol. The molecule has 0 aliphatic carbocycles. The molecule has 21 heavy (non-hydrogen) atoms. The minimum Gasteiger partial charge on any atom is -0.335 e. The van der Waals surface area contributed by atoms with E-state index in [-0.39, 0.29) is 12.1 Å². The van der Waals surface area contributed by atoms with E-state index in [2.05, 4.69) is 31.1 Å². The Balaban J connectivity index is 2.54. The van der Waals surface area contributed by atoms with Gasteiger partial charge in [-0.25, -0.2) is 9.78 Å². The van der Waals surface area contributed by atoms with Crippen LogP contribution < -0.4 is 11.1 Å². The number of nitrogens with one attached hydrogen (secondary N) is 1. The third-order valence-electron chi connectivity index (χ3n) is 3.69. The van der Waals surface area contributed by atoms with Gasteiger partial charge in [0, 0.05) is 24.4 Å². The SMILES string of the molecule is CC(CCN)c1nc(CN(C)C(=O)N[C@H](C)C(C)C)cs1. The maximum Gasteiger partial charge on any atom is 0.317 e. The lowest BCUT2D eigenvalue weighted by molar-refractivity contribution is 0.199. The van der Waals surface area contributed by atoms with Crippen molar-refractivity contribution in [3.05, 3.63) is 16.1 Å². The van der Waals surface area contributed by atoms with E-state index in [0.717, 1.165) is 17.1 Å². The molecule has 1 unspecified atom stereocenters. The van der Waals surface area contributed by atoms with Crippen molar-refractivity contribution in [1.29, 1.82) is 0 Å². The molecular formula is C15H28N4OS. The molecule has 2 amide bonds. The first-order valence-electron chi connectivity index (χ1n) is 7.51. The molecule has 0 bridgehead atoms. The van der Waals surface area contributed by atoms with Gasteiger partial charge in [0.15, 0.2) is 0 Å². The number of nitrogens with zero attached hydrogens (tertiary/aromatic N) is 2. The molecule has 120 valence electrons. The van der Waals surface area contributed by atoms with Crippen LogP contribution in [0.2, 0.25) is 0 Å². The largest absolute Gasteiger partial charge is 0.335 e. The van der Waals surface area contributed by atoms with Gasteiger partial charge in [0.05, 0.1) is 17.2 Å². The summed E-state index contributed by atoms with van der Waals surface area (Å²) in [5.41, 5.74) is 6.52. The molecular weight excluding hydrogens is 284 g/mol. The molecule has 3 N–H and O–H groups in total. The van der Waals surface area contributed by atoms with Gasteiger partial charge in [0.25, 0.3) is 0 Å². The topological polar surface area (TPSA) is 71.2 Å². The van der Waals surface area contributed by atoms with Crippen LogP contribution in [0.4, 0.5) is 4.79 Å². The van der Waals surface area contributed by atoms with Gasteiger partial charge in [-0.1, -0.05) is 20.8 Å². The number of aromatic nitrogens is 1. The lowest BCUT2D eigenvalue weighted by atomic mass is 10.1. The average Bonchev–Trinajstić information content (AvgIpc) is 2.87. The minimum atomic E-state index is -0.0549. The lowest BCUT2D eigenvalue weighted by Gasteiger charge is -2.22. The third-order valence-corrected chi connectivity index (χ3v) is 4.81. The first-order chi connectivity index (χ1) is 9.85. The van der Waals surface area contributed by atoms with Crippen LogP contribution in [0, 0.1) is 5.92 Å². The normalized spacial score (nSPS) is 14.0. The van der Waals surface area contributed by atoms with Crippen LogP contribution in [0.3, 0.4) is 0 Å². The number of urea groups is 1. The summed E-state index contributed by atoms with van der Waals surface area (Å²) >= 11 is 1.65. The van der Waals surface area contributed by atoms with E-state index >= 15 is 0 Å². The second kappa shape index (κ2) is 8.34. The second-order valence-electron chi connectivity index (χ2n) is 5.99. The average molecular weight is 312 g/mol. The number of amides is 2. The van der Waals surface area contributed by atoms with Gasteiger partial charge < -0.3 is 16.0 Å². The van der Waals surface area contributed by atoms with Crippen molar-refractivity contribution in [2.24, 2.45) is 11.7 Å². The summed E-state index contributed by atoms with van der Waals surface area (Å²) < 4.78 is 0. The third kappa shape index (κ3) is 5.63. The molecule has 1 aromatic rings. The summed E-state index contributed by atoms with van der Waals surface area (Å²) in [4.78, 5) is 18.4. The number of hydrogen-bond acceptors (Lipinski definition) is 4. The van der Waals surface area contributed by atoms with Gasteiger partial charge in [-0.3, -0.25) is 0 Å². The monoisotopic (exact) mass is 312 g/mol. The molecule has 0 aromatic carbocycles. The van der Waals surface area contributed by atoms with E-state index in [1.54, 1.807) is 23.3 Å². The summed E-state index contributed by atoms with van der Waals surface area (Å²) in [6.07, 6.45) is 0.940. The van der Waals surface area contributed by atoms with Gasteiger partial charge in [0.2, 0.25) is 0 Å². The van der Waals surface area contributed by atoms with E-state index in [9.17, 15) is 4.79 Å². The standard InChI is InChI=1S/C15H28N4OS/c1-10(2)12(4)17-15(20)19(5)8-13-9-21-14(18-13)11(3)6-7-16/h9-12H,6-8,16H2,1-5H3,(H,17,20)/t11?,12-/m1/s1. The lowest BCUT2D eigenvalue weighted by Crippen LogP contribution is -2.43. The highest BCUT2D eigenvalue weighted by Gasteiger charge is 2.16. The second-order valence-corrected chi connectivity index (χ2v) is 6.88. The smallest absolute Gasteiger partial charge is 0.317 e. The van der Waals surface area contributed by atoms with Gasteiger partial charge in [-0.2, -0.15) is 0 Å². The van der Waals surface area contributed by atoms with Gasteiger partial charge in [-0.15, -0.1) is 11.3 Å². The van der Waals surface area contributed by atoms with Crippen LogP contribution >= 0.6 is 11.3 Å². The molecule has 0 saturated heterocycles. The highest BCUT2D eigenvalue weighted by Crippen LogP contribution is 2.22. The van der Waals surface area contributed by atoms with E-state index < -0.39 is 0 Å². The Morgan fingerprint density at radius 2 is 2.10 bits per heavy atom. The number of carbonyl (C=O) groups is 1. The summed E-state index contributed by atoms with van der Waals surface area (Å²) in [7, 11) is 1.80. The van der Waals surface area contributed by atoms with E-state index in [4.69, 9.17) is 5.73 Å². The van der Waals surface area contributed by atoms with Crippen molar-refractivity contribution >= 4 is 17.4 Å². The Morgan fingerprint density at radius 1 is 1.43 bits per heavy atom. The zero-order valence-electron chi connectivity index (χ0n) is 13.7. The van der Waals surface area contributed by atoms with Gasteiger partial charge >= 0.3 is 6.03 Å². The fourth-order valence-corrected chi connectivity index (χ4v) is 2.69. The highest BCUT2D eigenvalue weighted by atomic mass is 32.1. The van der Waals surface area contributed by atoms with Crippen LogP contribution in [0.25, 0.3) is 0 Å². The van der Waals surface area contributed by atoms with Gasteiger partial charge in [0.1, 0.15) is 0 Å². The molecule has 1 heterocycles. The number of thiazole rings is 1. The van der Waals surface area contributed by atoms with E-state index in [0.29, 0.717) is 24.9 Å². The molecule has 1 aromatic heterocycles. The number of nitrogens with two attached hydrogens (primary N) is 1. The first kappa shape index (κ1) is 17.9. The summed E-state index contributed by atoms with van der Waals surface area (Å²) in [5.74, 6) is 0.805. The van der Waals surface area contributed by atoms with Crippen LogP contribution in [-0.4, -0.2) is 35.5 Å². The van der Waals surface area contributed by atoms with Crippen molar-refractivity contribution in [3.63, 3.8) is 0 Å². The summed E-state index contributed by atoms with van der Waals surface area (Å²) in [6, 6.07) is 0.108. The Kier molecular flexibility index (Phi) is 7.11. The molecule has 0 fully saturated rings. The fourth-order valence-electron chi connectivity index (χ4n) is 1.78. The van der Waals surface area contributed by atoms with Crippen LogP contribution in [0.15, 0.2) is 5.38 Å². The van der Waals surface area contributed by atoms with Crippen LogP contribution in [0.1, 0.15) is 50.7 Å². The maximum atomic E-state index is 12.1. The summed E-state index contributed by atoms with van der Waals surface area (Å²) in [6.45, 7) is 9.54. The zero-order valence-corrected chi connectivity index (χ0v) is 14.5. The van der Waals surface area contributed by atoms with Crippen molar-refractivity contribution in [3.8, 4) is 0 Å². The van der Waals surface area contributed by atoms with E-state index in [1.165, 1.54) is 0 Å². The van der Waals surface area contributed by atoms with Gasteiger partial charge in [-0.05, 0) is 25.8 Å². The number of rotatable bonds is 7. The van der Waals surface area contributed by atoms with Crippen LogP contribution in [-0.2, 0) is 6.54 Å². The Bertz CT molecular complexity index is 447. The van der Waals surface area contributed by atoms with E-state index in [1.807, 2.05) is 12.3 Å². The molecule has 2 atom stereocenters. The van der Waals surface area contributed by atoms with Crippen molar-refractivity contribution in [2.75, 3.05) is 13.6 Å². The molecule has 0 radical (unpaired) electrons. The molecule has 5 nitrogen and oxygen atoms in total. The molecule has 1 rings (SSSR count). The van der Waals surface area contributed by atoms with Crippen LogP contribution in [0.5, 0.6) is 0 Å². The molecule has 0 aliphatic rings. The molecule has 0 aliphatic heterocycles. The molecule has 0 saturated carbocycles. The first-order valence-corrected chi connectivity index (χ1v) is 8.39. The number of carbonyl (C=O) groups excluding carboxylic acids is 1. The molecule has 0 spiro atoms. The Labute approximate surface area is 131 Å². The zero-order chi connectivity index (χ0) is 16.0. The van der Waals surface area contributed by atoms with Crippen molar-refractivity contribution in [2.45, 2.75) is 52.6 Å². The summed E-state index contributed by atoms with van der Waals surface area (Å²) in [5, 5.41) is 6.12. The predicted octanol–water partition coefficient (Wildman–Crippen LogP) is 2.78. The number of hydrogen-bond donors (Lipinski definition) is 2. The quantitative estimate of drug-likeness (QED) is 0.813. The van der Waals surface area contributed by atoms with Crippen molar-refractivity contribution < 1.29 is 4.79 Å². The Hall–Kier alpha value is -1.14. The Morgan fingerprint density at radius 3 is 2.67 bits per heavy atom.